The topological polar surface area (TPSA) is 46.9 Å². The molecule has 0 bridgehead atoms. The van der Waals surface area contributed by atoms with Crippen molar-refractivity contribution in [2.75, 3.05) is 44.2 Å². The van der Waals surface area contributed by atoms with Gasteiger partial charge in [-0.15, -0.1) is 0 Å². The second kappa shape index (κ2) is 6.13. The molecular formula is C13H19FN2O2. The third kappa shape index (κ3) is 3.41. The van der Waals surface area contributed by atoms with Crippen molar-refractivity contribution in [1.82, 2.24) is 4.90 Å². The lowest BCUT2D eigenvalue weighted by Crippen LogP contribution is -2.49. The molecule has 1 atom stereocenters. The molecule has 0 spiro atoms. The van der Waals surface area contributed by atoms with Crippen LogP contribution in [-0.2, 0) is 0 Å². The molecule has 0 aliphatic carbocycles. The molecule has 18 heavy (non-hydrogen) atoms. The van der Waals surface area contributed by atoms with Gasteiger partial charge >= 0.3 is 0 Å². The first kappa shape index (κ1) is 13.3. The molecule has 0 saturated carbocycles. The number of aliphatic hydroxyl groups is 2. The second-order valence-electron chi connectivity index (χ2n) is 4.60. The Hall–Kier alpha value is -1.17. The number of nitrogens with zero attached hydrogens (tertiary/aromatic N) is 2. The second-order valence-corrected chi connectivity index (χ2v) is 4.60. The largest absolute Gasteiger partial charge is 0.394 e. The van der Waals surface area contributed by atoms with Gasteiger partial charge in [-0.1, -0.05) is 0 Å². The van der Waals surface area contributed by atoms with Crippen LogP contribution in [0.2, 0.25) is 0 Å². The number of aliphatic hydroxyl groups excluding tert-OH is 2. The van der Waals surface area contributed by atoms with Gasteiger partial charge in [0.1, 0.15) is 5.82 Å². The van der Waals surface area contributed by atoms with Crippen molar-refractivity contribution in [3.05, 3.63) is 30.1 Å². The molecule has 100 valence electrons. The van der Waals surface area contributed by atoms with Crippen LogP contribution in [0.5, 0.6) is 0 Å². The predicted molar refractivity (Wildman–Crippen MR) is 68.1 cm³/mol. The Kier molecular flexibility index (Phi) is 4.52. The van der Waals surface area contributed by atoms with Gasteiger partial charge < -0.3 is 15.1 Å². The summed E-state index contributed by atoms with van der Waals surface area (Å²) in [4.78, 5) is 4.32. The van der Waals surface area contributed by atoms with Gasteiger partial charge in [-0.3, -0.25) is 4.90 Å². The van der Waals surface area contributed by atoms with E-state index in [-0.39, 0.29) is 12.4 Å². The predicted octanol–water partition coefficient (Wildman–Crippen LogP) is 0.301. The maximum atomic E-state index is 12.8. The van der Waals surface area contributed by atoms with Crippen molar-refractivity contribution in [2.45, 2.75) is 6.10 Å². The molecule has 1 saturated heterocycles. The highest BCUT2D eigenvalue weighted by Gasteiger charge is 2.18. The van der Waals surface area contributed by atoms with E-state index in [1.807, 2.05) is 0 Å². The van der Waals surface area contributed by atoms with E-state index >= 15 is 0 Å². The van der Waals surface area contributed by atoms with Gasteiger partial charge in [-0.25, -0.2) is 4.39 Å². The summed E-state index contributed by atoms with van der Waals surface area (Å²) in [6, 6.07) is 6.51. The van der Waals surface area contributed by atoms with Crippen LogP contribution in [0.1, 0.15) is 0 Å². The number of rotatable bonds is 4. The monoisotopic (exact) mass is 254 g/mol. The molecule has 4 nitrogen and oxygen atoms in total. The number of hydrogen-bond donors (Lipinski definition) is 2. The van der Waals surface area contributed by atoms with E-state index in [2.05, 4.69) is 9.80 Å². The number of halogens is 1. The van der Waals surface area contributed by atoms with E-state index < -0.39 is 6.10 Å². The van der Waals surface area contributed by atoms with Gasteiger partial charge in [0.15, 0.2) is 0 Å². The highest BCUT2D eigenvalue weighted by molar-refractivity contribution is 5.46. The standard InChI is InChI=1S/C13H19FN2O2/c14-11-1-3-12(4-2-11)16-7-5-15(6-8-16)9-13(18)10-17/h1-4,13,17-18H,5-10H2/t13-/m1/s1. The molecular weight excluding hydrogens is 235 g/mol. The molecule has 5 heteroatoms. The molecule has 0 radical (unpaired) electrons. The third-order valence-electron chi connectivity index (χ3n) is 3.24. The fraction of sp³-hybridized carbons (Fsp3) is 0.538. The van der Waals surface area contributed by atoms with Gasteiger partial charge in [0.25, 0.3) is 0 Å². The van der Waals surface area contributed by atoms with E-state index in [1.54, 1.807) is 12.1 Å². The van der Waals surface area contributed by atoms with E-state index in [1.165, 1.54) is 12.1 Å². The summed E-state index contributed by atoms with van der Waals surface area (Å²) in [5.41, 5.74) is 1.03. The zero-order chi connectivity index (χ0) is 13.0. The van der Waals surface area contributed by atoms with Crippen LogP contribution in [0.15, 0.2) is 24.3 Å². The van der Waals surface area contributed by atoms with E-state index in [9.17, 15) is 9.50 Å². The van der Waals surface area contributed by atoms with Crippen molar-refractivity contribution in [1.29, 1.82) is 0 Å². The number of anilines is 1. The van der Waals surface area contributed by atoms with Crippen LogP contribution >= 0.6 is 0 Å². The summed E-state index contributed by atoms with van der Waals surface area (Å²) < 4.78 is 12.8. The van der Waals surface area contributed by atoms with Crippen LogP contribution < -0.4 is 4.90 Å². The quantitative estimate of drug-likeness (QED) is 0.811. The van der Waals surface area contributed by atoms with Crippen LogP contribution in [0.3, 0.4) is 0 Å². The van der Waals surface area contributed by atoms with Crippen LogP contribution in [0, 0.1) is 5.82 Å². The lowest BCUT2D eigenvalue weighted by atomic mass is 10.2. The minimum atomic E-state index is -0.664. The molecule has 0 unspecified atom stereocenters. The first-order valence-electron chi connectivity index (χ1n) is 6.21. The van der Waals surface area contributed by atoms with E-state index in [4.69, 9.17) is 5.11 Å². The Balaban J connectivity index is 1.84. The Labute approximate surface area is 106 Å². The SMILES string of the molecule is OC[C@H](O)CN1CCN(c2ccc(F)cc2)CC1. The zero-order valence-electron chi connectivity index (χ0n) is 10.3. The molecule has 2 N–H and O–H groups in total. The minimum Gasteiger partial charge on any atom is -0.394 e. The molecule has 1 aliphatic rings. The van der Waals surface area contributed by atoms with Crippen molar-refractivity contribution in [3.8, 4) is 0 Å². The molecule has 2 rings (SSSR count). The van der Waals surface area contributed by atoms with Gasteiger partial charge in [0.2, 0.25) is 0 Å². The van der Waals surface area contributed by atoms with Crippen molar-refractivity contribution in [2.24, 2.45) is 0 Å². The smallest absolute Gasteiger partial charge is 0.123 e. The van der Waals surface area contributed by atoms with E-state index in [0.717, 1.165) is 31.9 Å². The molecule has 1 aliphatic heterocycles. The number of piperazine rings is 1. The van der Waals surface area contributed by atoms with Crippen LogP contribution in [0.25, 0.3) is 0 Å². The van der Waals surface area contributed by atoms with Crippen molar-refractivity contribution in [3.63, 3.8) is 0 Å². The maximum absolute atomic E-state index is 12.8. The minimum absolute atomic E-state index is 0.196. The average molecular weight is 254 g/mol. The molecule has 1 aromatic carbocycles. The van der Waals surface area contributed by atoms with Crippen molar-refractivity contribution < 1.29 is 14.6 Å². The fourth-order valence-corrected chi connectivity index (χ4v) is 2.20. The summed E-state index contributed by atoms with van der Waals surface area (Å²) in [7, 11) is 0. The average Bonchev–Trinajstić information content (AvgIpc) is 2.40. The van der Waals surface area contributed by atoms with Crippen molar-refractivity contribution >= 4 is 5.69 Å². The number of β-amino-alcohol motifs (C(OH)–C–C–N with tert-alkyl or cyclic N) is 1. The lowest BCUT2D eigenvalue weighted by Gasteiger charge is -2.36. The van der Waals surface area contributed by atoms with Gasteiger partial charge in [0, 0.05) is 38.4 Å². The molecule has 0 amide bonds. The van der Waals surface area contributed by atoms with Crippen LogP contribution in [-0.4, -0.2) is 60.5 Å². The Morgan fingerprint density at radius 2 is 1.72 bits per heavy atom. The zero-order valence-corrected chi connectivity index (χ0v) is 10.3. The molecule has 1 heterocycles. The molecule has 1 fully saturated rings. The first-order valence-corrected chi connectivity index (χ1v) is 6.21. The summed E-state index contributed by atoms with van der Waals surface area (Å²) in [5, 5.41) is 18.2. The maximum Gasteiger partial charge on any atom is 0.123 e. The van der Waals surface area contributed by atoms with Gasteiger partial charge in [-0.2, -0.15) is 0 Å². The number of hydrogen-bond acceptors (Lipinski definition) is 4. The molecule has 0 aromatic heterocycles. The van der Waals surface area contributed by atoms with Gasteiger partial charge in [-0.05, 0) is 24.3 Å². The Morgan fingerprint density at radius 3 is 2.28 bits per heavy atom. The summed E-state index contributed by atoms with van der Waals surface area (Å²) in [5.74, 6) is -0.219. The summed E-state index contributed by atoms with van der Waals surface area (Å²) in [6.45, 7) is 3.70. The number of benzene rings is 1. The van der Waals surface area contributed by atoms with E-state index in [0.29, 0.717) is 6.54 Å². The van der Waals surface area contributed by atoms with Crippen LogP contribution in [0.4, 0.5) is 10.1 Å². The van der Waals surface area contributed by atoms with Gasteiger partial charge in [0.05, 0.1) is 12.7 Å². The lowest BCUT2D eigenvalue weighted by molar-refractivity contribution is 0.0575. The summed E-state index contributed by atoms with van der Waals surface area (Å²) >= 11 is 0. The fourth-order valence-electron chi connectivity index (χ4n) is 2.20. The Bertz CT molecular complexity index is 364. The first-order chi connectivity index (χ1) is 8.69. The third-order valence-corrected chi connectivity index (χ3v) is 3.24. The molecule has 1 aromatic rings. The highest BCUT2D eigenvalue weighted by atomic mass is 19.1. The Morgan fingerprint density at radius 1 is 1.11 bits per heavy atom. The highest BCUT2D eigenvalue weighted by Crippen LogP contribution is 2.16. The normalized spacial score (nSPS) is 18.9. The summed E-state index contributed by atoms with van der Waals surface area (Å²) in [6.07, 6.45) is -0.664.